The van der Waals surface area contributed by atoms with E-state index in [4.69, 9.17) is 5.73 Å². The first-order valence-corrected chi connectivity index (χ1v) is 9.12. The predicted octanol–water partition coefficient (Wildman–Crippen LogP) is 1.20. The Morgan fingerprint density at radius 1 is 1.32 bits per heavy atom. The van der Waals surface area contributed by atoms with E-state index in [9.17, 15) is 17.6 Å². The van der Waals surface area contributed by atoms with E-state index in [2.05, 4.69) is 9.97 Å². The molecule has 1 fully saturated rings. The van der Waals surface area contributed by atoms with Crippen LogP contribution in [0, 0.1) is 12.7 Å². The van der Waals surface area contributed by atoms with Gasteiger partial charge >= 0.3 is 0 Å². The predicted molar refractivity (Wildman–Crippen MR) is 87.8 cm³/mol. The van der Waals surface area contributed by atoms with Crippen molar-refractivity contribution in [1.29, 1.82) is 0 Å². The maximum Gasteiger partial charge on any atom is 0.252 e. The summed E-state index contributed by atoms with van der Waals surface area (Å²) >= 11 is 0. The lowest BCUT2D eigenvalue weighted by Gasteiger charge is -2.16. The first kappa shape index (κ1) is 17.4. The molecule has 25 heavy (non-hydrogen) atoms. The number of nitrogens with two attached hydrogens (primary N) is 1. The number of benzene rings is 1. The first-order chi connectivity index (χ1) is 11.8. The normalized spacial score (nSPS) is 18.4. The number of amides is 1. The molecule has 0 spiro atoms. The Hall–Kier alpha value is -2.39. The number of sulfonamides is 1. The van der Waals surface area contributed by atoms with Gasteiger partial charge in [0, 0.05) is 25.2 Å². The average Bonchev–Trinajstić information content (AvgIpc) is 3.05. The number of carbonyl (C=O) groups is 1. The van der Waals surface area contributed by atoms with Crippen LogP contribution in [0.4, 0.5) is 4.39 Å². The third-order valence-corrected chi connectivity index (χ3v) is 6.11. The highest BCUT2D eigenvalue weighted by Crippen LogP contribution is 2.29. The number of hydrogen-bond donors (Lipinski definition) is 1. The van der Waals surface area contributed by atoms with Gasteiger partial charge in [-0.3, -0.25) is 4.79 Å². The van der Waals surface area contributed by atoms with Crippen LogP contribution in [0.3, 0.4) is 0 Å². The van der Waals surface area contributed by atoms with Crippen LogP contribution in [0.2, 0.25) is 0 Å². The molecule has 0 saturated carbocycles. The van der Waals surface area contributed by atoms with Crippen LogP contribution in [-0.2, 0) is 10.0 Å². The van der Waals surface area contributed by atoms with E-state index < -0.39 is 21.7 Å². The lowest BCUT2D eigenvalue weighted by Crippen LogP contribution is -2.29. The number of nitrogens with zero attached hydrogens (tertiary/aromatic N) is 3. The summed E-state index contributed by atoms with van der Waals surface area (Å²) in [4.78, 5) is 19.8. The number of aryl methyl sites for hydroxylation is 1. The number of primary amides is 1. The van der Waals surface area contributed by atoms with Gasteiger partial charge in [-0.2, -0.15) is 4.31 Å². The molecule has 0 bridgehead atoms. The molecule has 7 nitrogen and oxygen atoms in total. The van der Waals surface area contributed by atoms with Gasteiger partial charge in [0.25, 0.3) is 5.91 Å². The molecule has 132 valence electrons. The summed E-state index contributed by atoms with van der Waals surface area (Å²) in [5, 5.41) is 0. The minimum absolute atomic E-state index is 0.0516. The van der Waals surface area contributed by atoms with Crippen LogP contribution in [0.1, 0.15) is 34.2 Å². The molecule has 2 heterocycles. The van der Waals surface area contributed by atoms with Crippen molar-refractivity contribution in [2.45, 2.75) is 24.2 Å². The van der Waals surface area contributed by atoms with E-state index in [-0.39, 0.29) is 22.9 Å². The summed E-state index contributed by atoms with van der Waals surface area (Å²) < 4.78 is 39.6. The van der Waals surface area contributed by atoms with Gasteiger partial charge in [-0.1, -0.05) is 0 Å². The van der Waals surface area contributed by atoms with Crippen molar-refractivity contribution in [2.24, 2.45) is 5.73 Å². The van der Waals surface area contributed by atoms with E-state index in [1.807, 2.05) is 0 Å². The molecular formula is C16H17FN4O3S. The Kier molecular flexibility index (Phi) is 4.53. The van der Waals surface area contributed by atoms with E-state index >= 15 is 0 Å². The number of carbonyl (C=O) groups excluding carboxylic acids is 1. The molecule has 1 aliphatic rings. The molecule has 1 aromatic heterocycles. The van der Waals surface area contributed by atoms with Crippen molar-refractivity contribution in [3.63, 3.8) is 0 Å². The SMILES string of the molecule is Cc1nc(C2CCN(S(=O)(=O)c3ccc(F)cc3)C2)ncc1C(N)=O. The van der Waals surface area contributed by atoms with Crippen LogP contribution in [-0.4, -0.2) is 41.7 Å². The highest BCUT2D eigenvalue weighted by atomic mass is 32.2. The monoisotopic (exact) mass is 364 g/mol. The van der Waals surface area contributed by atoms with Crippen molar-refractivity contribution in [3.05, 3.63) is 53.4 Å². The van der Waals surface area contributed by atoms with E-state index in [1.165, 1.54) is 22.6 Å². The summed E-state index contributed by atoms with van der Waals surface area (Å²) in [7, 11) is -3.69. The van der Waals surface area contributed by atoms with Crippen LogP contribution in [0.5, 0.6) is 0 Å². The van der Waals surface area contributed by atoms with Gasteiger partial charge in [-0.15, -0.1) is 0 Å². The molecule has 0 aliphatic carbocycles. The number of halogens is 1. The zero-order chi connectivity index (χ0) is 18.2. The summed E-state index contributed by atoms with van der Waals surface area (Å²) in [5.41, 5.74) is 5.96. The highest BCUT2D eigenvalue weighted by molar-refractivity contribution is 7.89. The van der Waals surface area contributed by atoms with E-state index in [1.54, 1.807) is 6.92 Å². The Bertz CT molecular complexity index is 915. The Morgan fingerprint density at radius 3 is 2.60 bits per heavy atom. The summed E-state index contributed by atoms with van der Waals surface area (Å²) in [6.07, 6.45) is 1.94. The van der Waals surface area contributed by atoms with Gasteiger partial charge in [-0.25, -0.2) is 22.8 Å². The molecule has 2 N–H and O–H groups in total. The fraction of sp³-hybridized carbons (Fsp3) is 0.312. The van der Waals surface area contributed by atoms with Gasteiger partial charge in [0.05, 0.1) is 16.2 Å². The highest BCUT2D eigenvalue weighted by Gasteiger charge is 2.34. The van der Waals surface area contributed by atoms with Gasteiger partial charge < -0.3 is 5.73 Å². The summed E-state index contributed by atoms with van der Waals surface area (Å²) in [6, 6.07) is 4.74. The third-order valence-electron chi connectivity index (χ3n) is 4.23. The lowest BCUT2D eigenvalue weighted by molar-refractivity contribution is 0.0999. The molecule has 1 unspecified atom stereocenters. The van der Waals surface area contributed by atoms with Crippen LogP contribution < -0.4 is 5.73 Å². The van der Waals surface area contributed by atoms with Gasteiger partial charge in [0.15, 0.2) is 0 Å². The molecule has 2 aromatic rings. The molecule has 1 atom stereocenters. The minimum Gasteiger partial charge on any atom is -0.365 e. The van der Waals surface area contributed by atoms with Crippen molar-refractivity contribution >= 4 is 15.9 Å². The molecule has 3 rings (SSSR count). The third kappa shape index (κ3) is 3.38. The average molecular weight is 364 g/mol. The van der Waals surface area contributed by atoms with Crippen molar-refractivity contribution in [3.8, 4) is 0 Å². The first-order valence-electron chi connectivity index (χ1n) is 7.68. The number of aromatic nitrogens is 2. The largest absolute Gasteiger partial charge is 0.365 e. The smallest absolute Gasteiger partial charge is 0.252 e. The fourth-order valence-corrected chi connectivity index (χ4v) is 4.34. The van der Waals surface area contributed by atoms with Crippen molar-refractivity contribution in [2.75, 3.05) is 13.1 Å². The summed E-state index contributed by atoms with van der Waals surface area (Å²) in [6.45, 7) is 2.21. The van der Waals surface area contributed by atoms with Gasteiger partial charge in [-0.05, 0) is 37.6 Å². The second-order valence-corrected chi connectivity index (χ2v) is 7.83. The fourth-order valence-electron chi connectivity index (χ4n) is 2.84. The Labute approximate surface area is 144 Å². The van der Waals surface area contributed by atoms with E-state index in [0.29, 0.717) is 24.5 Å². The van der Waals surface area contributed by atoms with Crippen LogP contribution in [0.15, 0.2) is 35.4 Å². The minimum atomic E-state index is -3.69. The quantitative estimate of drug-likeness (QED) is 0.877. The number of rotatable bonds is 4. The standard InChI is InChI=1S/C16H17FN4O3S/c1-10-14(15(18)22)8-19-16(20-10)11-6-7-21(9-11)25(23,24)13-4-2-12(17)3-5-13/h2-5,8,11H,6-7,9H2,1H3,(H2,18,22). The molecular weight excluding hydrogens is 347 g/mol. The Balaban J connectivity index is 1.80. The summed E-state index contributed by atoms with van der Waals surface area (Å²) in [5.74, 6) is -0.775. The second-order valence-electron chi connectivity index (χ2n) is 5.89. The maximum atomic E-state index is 13.0. The zero-order valence-corrected chi connectivity index (χ0v) is 14.3. The second kappa shape index (κ2) is 6.49. The topological polar surface area (TPSA) is 106 Å². The van der Waals surface area contributed by atoms with Crippen molar-refractivity contribution in [1.82, 2.24) is 14.3 Å². The molecule has 1 aromatic carbocycles. The zero-order valence-electron chi connectivity index (χ0n) is 13.5. The maximum absolute atomic E-state index is 13.0. The van der Waals surface area contributed by atoms with Crippen LogP contribution >= 0.6 is 0 Å². The Morgan fingerprint density at radius 2 is 2.00 bits per heavy atom. The molecule has 1 saturated heterocycles. The van der Waals surface area contributed by atoms with Crippen molar-refractivity contribution < 1.29 is 17.6 Å². The molecule has 1 amide bonds. The molecule has 1 aliphatic heterocycles. The molecule has 0 radical (unpaired) electrons. The molecule has 9 heteroatoms. The number of hydrogen-bond acceptors (Lipinski definition) is 5. The van der Waals surface area contributed by atoms with Gasteiger partial charge in [0.1, 0.15) is 11.6 Å². The van der Waals surface area contributed by atoms with E-state index in [0.717, 1.165) is 12.1 Å². The van der Waals surface area contributed by atoms with Gasteiger partial charge in [0.2, 0.25) is 10.0 Å². The lowest BCUT2D eigenvalue weighted by atomic mass is 10.1. The van der Waals surface area contributed by atoms with Crippen LogP contribution in [0.25, 0.3) is 0 Å².